The van der Waals surface area contributed by atoms with Gasteiger partial charge in [-0.3, -0.25) is 4.79 Å². The average Bonchev–Trinajstić information content (AvgIpc) is 2.89. The maximum Gasteiger partial charge on any atom is 0.270 e. The van der Waals surface area contributed by atoms with Gasteiger partial charge in [0.25, 0.3) is 5.91 Å². The lowest BCUT2D eigenvalue weighted by Crippen LogP contribution is -2.41. The molecule has 5 heteroatoms. The summed E-state index contributed by atoms with van der Waals surface area (Å²) in [4.78, 5) is 14.4. The highest BCUT2D eigenvalue weighted by atomic mass is 79.9. The van der Waals surface area contributed by atoms with Crippen LogP contribution in [0.15, 0.2) is 40.9 Å². The highest BCUT2D eigenvalue weighted by molar-refractivity contribution is 9.10. The number of amides is 1. The molecule has 0 bridgehead atoms. The molecule has 0 spiro atoms. The number of carbonyl (C=O) groups is 1. The Morgan fingerprint density at radius 2 is 1.86 bits per heavy atom. The summed E-state index contributed by atoms with van der Waals surface area (Å²) < 4.78 is 8.28. The van der Waals surface area contributed by atoms with Crippen molar-refractivity contribution in [2.45, 2.75) is 0 Å². The number of aromatic nitrogens is 1. The zero-order chi connectivity index (χ0) is 14.8. The summed E-state index contributed by atoms with van der Waals surface area (Å²) in [7, 11) is 1.93. The molecule has 4 nitrogen and oxygen atoms in total. The van der Waals surface area contributed by atoms with E-state index in [1.807, 2.05) is 52.9 Å². The van der Waals surface area contributed by atoms with E-state index in [0.29, 0.717) is 32.0 Å². The van der Waals surface area contributed by atoms with Gasteiger partial charge in [0, 0.05) is 35.9 Å². The van der Waals surface area contributed by atoms with Crippen molar-refractivity contribution in [1.29, 1.82) is 0 Å². The average molecular weight is 349 g/mol. The van der Waals surface area contributed by atoms with E-state index in [1.165, 1.54) is 0 Å². The van der Waals surface area contributed by atoms with Crippen molar-refractivity contribution in [3.63, 3.8) is 0 Å². The van der Waals surface area contributed by atoms with E-state index in [2.05, 4.69) is 15.9 Å². The summed E-state index contributed by atoms with van der Waals surface area (Å²) in [6.07, 6.45) is 0. The maximum absolute atomic E-state index is 12.6. The molecule has 0 saturated carbocycles. The molecule has 1 aliphatic heterocycles. The van der Waals surface area contributed by atoms with Crippen molar-refractivity contribution in [2.24, 2.45) is 7.05 Å². The first kappa shape index (κ1) is 14.4. The molecular weight excluding hydrogens is 332 g/mol. The van der Waals surface area contributed by atoms with Crippen molar-refractivity contribution in [1.82, 2.24) is 9.47 Å². The largest absolute Gasteiger partial charge is 0.378 e. The lowest BCUT2D eigenvalue weighted by molar-refractivity contribution is 0.0297. The maximum atomic E-state index is 12.6. The Morgan fingerprint density at radius 1 is 1.14 bits per heavy atom. The Morgan fingerprint density at radius 3 is 2.57 bits per heavy atom. The standard InChI is InChI=1S/C16H17BrN2O2/c1-18-14(12-4-2-3-5-13(12)17)6-7-15(18)16(20)19-8-10-21-11-9-19/h2-7H,8-11H2,1H3. The summed E-state index contributed by atoms with van der Waals surface area (Å²) in [5.74, 6) is 0.0686. The number of hydrogen-bond donors (Lipinski definition) is 0. The number of morpholine rings is 1. The van der Waals surface area contributed by atoms with Crippen molar-refractivity contribution in [3.05, 3.63) is 46.6 Å². The van der Waals surface area contributed by atoms with Crippen molar-refractivity contribution in [2.75, 3.05) is 26.3 Å². The van der Waals surface area contributed by atoms with Gasteiger partial charge < -0.3 is 14.2 Å². The minimum atomic E-state index is 0.0686. The molecule has 0 unspecified atom stereocenters. The molecule has 0 radical (unpaired) electrons. The number of hydrogen-bond acceptors (Lipinski definition) is 2. The van der Waals surface area contributed by atoms with Crippen LogP contribution in [0.3, 0.4) is 0 Å². The van der Waals surface area contributed by atoms with E-state index >= 15 is 0 Å². The molecule has 0 aliphatic carbocycles. The molecule has 2 aromatic rings. The lowest BCUT2D eigenvalue weighted by Gasteiger charge is -2.27. The molecule has 1 amide bonds. The number of benzene rings is 1. The first-order chi connectivity index (χ1) is 10.2. The quantitative estimate of drug-likeness (QED) is 0.836. The number of carbonyl (C=O) groups excluding carboxylic acids is 1. The molecule has 1 fully saturated rings. The molecule has 1 aliphatic rings. The number of ether oxygens (including phenoxy) is 1. The fraction of sp³-hybridized carbons (Fsp3) is 0.312. The van der Waals surface area contributed by atoms with Gasteiger partial charge in [0.15, 0.2) is 0 Å². The van der Waals surface area contributed by atoms with Gasteiger partial charge >= 0.3 is 0 Å². The Bertz CT molecular complexity index is 660. The van der Waals surface area contributed by atoms with Crippen LogP contribution in [-0.2, 0) is 11.8 Å². The van der Waals surface area contributed by atoms with Gasteiger partial charge in [0.1, 0.15) is 5.69 Å². The van der Waals surface area contributed by atoms with Crippen LogP contribution >= 0.6 is 15.9 Å². The summed E-state index contributed by atoms with van der Waals surface area (Å²) in [6, 6.07) is 11.9. The topological polar surface area (TPSA) is 34.5 Å². The van der Waals surface area contributed by atoms with Crippen LogP contribution in [0.5, 0.6) is 0 Å². The highest BCUT2D eigenvalue weighted by Gasteiger charge is 2.22. The molecule has 3 rings (SSSR count). The minimum absolute atomic E-state index is 0.0686. The molecule has 1 aromatic carbocycles. The molecule has 1 saturated heterocycles. The van der Waals surface area contributed by atoms with E-state index in [-0.39, 0.29) is 5.91 Å². The second-order valence-electron chi connectivity index (χ2n) is 5.05. The number of nitrogens with zero attached hydrogens (tertiary/aromatic N) is 2. The molecule has 110 valence electrons. The minimum Gasteiger partial charge on any atom is -0.378 e. The summed E-state index contributed by atoms with van der Waals surface area (Å²) in [6.45, 7) is 2.56. The van der Waals surface area contributed by atoms with Crippen molar-refractivity contribution >= 4 is 21.8 Å². The predicted octanol–water partition coefficient (Wildman–Crippen LogP) is 2.93. The normalized spacial score (nSPS) is 15.2. The SMILES string of the molecule is Cn1c(C(=O)N2CCOCC2)ccc1-c1ccccc1Br. The van der Waals surface area contributed by atoms with Gasteiger partial charge in [-0.1, -0.05) is 34.1 Å². The first-order valence-electron chi connectivity index (χ1n) is 6.96. The molecule has 0 N–H and O–H groups in total. The van der Waals surface area contributed by atoms with Gasteiger partial charge in [0.05, 0.1) is 13.2 Å². The smallest absolute Gasteiger partial charge is 0.270 e. The fourth-order valence-corrected chi connectivity index (χ4v) is 3.08. The summed E-state index contributed by atoms with van der Waals surface area (Å²) >= 11 is 3.56. The van der Waals surface area contributed by atoms with Crippen LogP contribution in [0.4, 0.5) is 0 Å². The predicted molar refractivity (Wildman–Crippen MR) is 85.3 cm³/mol. The van der Waals surface area contributed by atoms with Crippen LogP contribution in [0.2, 0.25) is 0 Å². The third-order valence-corrected chi connectivity index (χ3v) is 4.48. The zero-order valence-corrected chi connectivity index (χ0v) is 13.5. The highest BCUT2D eigenvalue weighted by Crippen LogP contribution is 2.29. The molecule has 21 heavy (non-hydrogen) atoms. The van der Waals surface area contributed by atoms with Gasteiger partial charge in [-0.05, 0) is 18.2 Å². The third-order valence-electron chi connectivity index (χ3n) is 3.79. The van der Waals surface area contributed by atoms with Gasteiger partial charge in [0.2, 0.25) is 0 Å². The zero-order valence-electron chi connectivity index (χ0n) is 11.9. The Hall–Kier alpha value is -1.59. The van der Waals surface area contributed by atoms with Crippen molar-refractivity contribution < 1.29 is 9.53 Å². The Balaban J connectivity index is 1.92. The van der Waals surface area contributed by atoms with E-state index in [0.717, 1.165) is 15.7 Å². The van der Waals surface area contributed by atoms with Crippen LogP contribution in [-0.4, -0.2) is 41.7 Å². The number of halogens is 1. The van der Waals surface area contributed by atoms with E-state index in [4.69, 9.17) is 4.74 Å². The second kappa shape index (κ2) is 6.03. The molecule has 0 atom stereocenters. The van der Waals surface area contributed by atoms with Gasteiger partial charge in [-0.15, -0.1) is 0 Å². The van der Waals surface area contributed by atoms with Crippen molar-refractivity contribution in [3.8, 4) is 11.3 Å². The van der Waals surface area contributed by atoms with E-state index in [9.17, 15) is 4.79 Å². The Kier molecular flexibility index (Phi) is 4.12. The van der Waals surface area contributed by atoms with Crippen LogP contribution in [0, 0.1) is 0 Å². The monoisotopic (exact) mass is 348 g/mol. The van der Waals surface area contributed by atoms with E-state index in [1.54, 1.807) is 0 Å². The fourth-order valence-electron chi connectivity index (χ4n) is 2.59. The summed E-state index contributed by atoms with van der Waals surface area (Å²) in [5, 5.41) is 0. The first-order valence-corrected chi connectivity index (χ1v) is 7.75. The second-order valence-corrected chi connectivity index (χ2v) is 5.90. The van der Waals surface area contributed by atoms with Gasteiger partial charge in [-0.2, -0.15) is 0 Å². The van der Waals surface area contributed by atoms with E-state index < -0.39 is 0 Å². The Labute approximate surface area is 132 Å². The van der Waals surface area contributed by atoms with Gasteiger partial charge in [-0.25, -0.2) is 0 Å². The number of rotatable bonds is 2. The van der Waals surface area contributed by atoms with Crippen LogP contribution in [0.25, 0.3) is 11.3 Å². The molecule has 1 aromatic heterocycles. The molecule has 2 heterocycles. The third kappa shape index (κ3) is 2.76. The van der Waals surface area contributed by atoms with Crippen LogP contribution < -0.4 is 0 Å². The molecular formula is C16H17BrN2O2. The lowest BCUT2D eigenvalue weighted by atomic mass is 10.1. The van der Waals surface area contributed by atoms with Crippen LogP contribution in [0.1, 0.15) is 10.5 Å². The summed E-state index contributed by atoms with van der Waals surface area (Å²) in [5.41, 5.74) is 2.82.